The molecule has 0 saturated heterocycles. The number of rotatable bonds is 0. The van der Waals surface area contributed by atoms with E-state index in [2.05, 4.69) is 276 Å². The van der Waals surface area contributed by atoms with E-state index < -0.39 is 0 Å². The fourth-order valence-electron chi connectivity index (χ4n) is 25.8. The van der Waals surface area contributed by atoms with Crippen LogP contribution in [0.2, 0.25) is 0 Å². The Balaban J connectivity index is 0.0000000829. The smallest absolute Gasteiger partial charge is 0.164 e. The predicted molar refractivity (Wildman–Crippen MR) is 559 cm³/mol. The summed E-state index contributed by atoms with van der Waals surface area (Å²) in [6.07, 6.45) is 30.6. The standard InChI is InChI=1S/4C31H18N4/c1-2-5-20-17(4-1)13-24-21(20)8-7-18-12-19-14-23-25(15-22(19)29(18)24)30-34-27-6-3-10-33-31(27)35(30)28-9-11-32-16-26(23)28;1-2-5-19-17(4-1)12-23-20(19)7-8-21-22-15-26-25(14-18(22)13-24(21)23)27-16-32-11-9-29(27)35-30(26)34-28-6-3-10-33-31(28)35;1-2-5-21-17(4-1)10-18-13-23-19(12-22(18)21)11-20-14-25-26(15-24(20)23)30-34-28-6-3-8-33-31(28)35(30)29-7-9-32-16-27(25)29;1-2-5-21-17(4-1)10-18-11-19-12-20-13-25-26(15-24(20)23(19)14-22(18)21)30-34-28-6-3-8-33-31(28)35(30)29-7-9-32-16-27(25)29/h2*1-11,14-16H,12-13H2;1-9,12-16H,10-11H2;1-9,11,13-16H,10,12H2. The van der Waals surface area contributed by atoms with E-state index in [4.69, 9.17) is 19.9 Å². The second kappa shape index (κ2) is 27.7. The van der Waals surface area contributed by atoms with E-state index in [9.17, 15) is 0 Å². The topological polar surface area (TPSA) is 172 Å². The number of aromatic nitrogens is 16. The summed E-state index contributed by atoms with van der Waals surface area (Å²) in [4.78, 5) is 56.8. The highest BCUT2D eigenvalue weighted by Gasteiger charge is 2.36. The lowest BCUT2D eigenvalue weighted by Crippen LogP contribution is -1.94. The van der Waals surface area contributed by atoms with E-state index in [0.29, 0.717) is 0 Å². The molecule has 36 rings (SSSR count). The number of hydrogen-bond donors (Lipinski definition) is 0. The highest BCUT2D eigenvalue weighted by Crippen LogP contribution is 2.55. The lowest BCUT2D eigenvalue weighted by atomic mass is 9.94. The fourth-order valence-corrected chi connectivity index (χ4v) is 25.8. The molecule has 0 unspecified atom stereocenters. The molecular weight excluding hydrogens is 1710 g/mol. The average molecular weight is 1790 g/mol. The summed E-state index contributed by atoms with van der Waals surface area (Å²) in [6, 6.07) is 97.6. The Morgan fingerprint density at radius 2 is 0.443 bits per heavy atom. The Morgan fingerprint density at radius 1 is 0.164 bits per heavy atom. The van der Waals surface area contributed by atoms with Crippen LogP contribution in [0, 0.1) is 0 Å². The summed E-state index contributed by atoms with van der Waals surface area (Å²) in [6.45, 7) is 0. The van der Waals surface area contributed by atoms with E-state index in [1.165, 1.54) is 200 Å². The molecule has 12 aromatic carbocycles. The van der Waals surface area contributed by atoms with Crippen molar-refractivity contribution in [3.05, 3.63) is 430 Å². The molecule has 28 aromatic rings. The number of nitrogens with zero attached hydrogens (tertiary/aromatic N) is 16. The van der Waals surface area contributed by atoms with Gasteiger partial charge in [-0.2, -0.15) is 0 Å². The normalized spacial score (nSPS) is 13.5. The van der Waals surface area contributed by atoms with Gasteiger partial charge in [-0.15, -0.1) is 0 Å². The molecule has 140 heavy (non-hydrogen) atoms. The van der Waals surface area contributed by atoms with E-state index in [-0.39, 0.29) is 0 Å². The van der Waals surface area contributed by atoms with Gasteiger partial charge in [0, 0.05) is 117 Å². The van der Waals surface area contributed by atoms with Gasteiger partial charge in [0.25, 0.3) is 0 Å². The Morgan fingerprint density at radius 3 is 0.864 bits per heavy atom. The van der Waals surface area contributed by atoms with Crippen LogP contribution in [0.3, 0.4) is 0 Å². The van der Waals surface area contributed by atoms with Gasteiger partial charge >= 0.3 is 0 Å². The molecule has 0 amide bonds. The molecule has 0 saturated carbocycles. The molecule has 16 aromatic heterocycles. The minimum Gasteiger partial charge on any atom is -0.276 e. The van der Waals surface area contributed by atoms with Gasteiger partial charge in [-0.25, -0.2) is 39.9 Å². The van der Waals surface area contributed by atoms with Crippen molar-refractivity contribution in [1.29, 1.82) is 0 Å². The van der Waals surface area contributed by atoms with Crippen LogP contribution >= 0.6 is 0 Å². The first kappa shape index (κ1) is 75.1. The van der Waals surface area contributed by atoms with Gasteiger partial charge in [0.1, 0.15) is 44.7 Å². The van der Waals surface area contributed by atoms with Crippen LogP contribution in [0.4, 0.5) is 0 Å². The second-order valence-electron chi connectivity index (χ2n) is 38.9. The molecule has 16 nitrogen and oxygen atoms in total. The summed E-state index contributed by atoms with van der Waals surface area (Å²) in [7, 11) is 0. The van der Waals surface area contributed by atoms with Crippen LogP contribution in [-0.4, -0.2) is 77.4 Å². The summed E-state index contributed by atoms with van der Waals surface area (Å²) in [5.74, 6) is 0. The van der Waals surface area contributed by atoms with Gasteiger partial charge in [-0.1, -0.05) is 127 Å². The van der Waals surface area contributed by atoms with Gasteiger partial charge in [0.2, 0.25) is 0 Å². The van der Waals surface area contributed by atoms with Crippen molar-refractivity contribution in [2.45, 2.75) is 51.4 Å². The van der Waals surface area contributed by atoms with Crippen molar-refractivity contribution in [3.63, 3.8) is 0 Å². The maximum absolute atomic E-state index is 5.06. The third-order valence-corrected chi connectivity index (χ3v) is 31.8. The highest BCUT2D eigenvalue weighted by atomic mass is 15.1. The first-order valence-electron chi connectivity index (χ1n) is 48.1. The Labute approximate surface area is 796 Å². The zero-order chi connectivity index (χ0) is 90.7. The third kappa shape index (κ3) is 10.4. The minimum atomic E-state index is 0.885. The molecule has 0 aliphatic heterocycles. The SMILES string of the molecule is c1ccc2c(c1)Cc1c-2ccc2c1-c1cc3c(cc1C2)c1cnccc1n1c2ncccc2nc31.c1ccc2c(c1)Cc1c-2ccc2c1Cc1cc3c4cnccc4n4c5ncccc5nc4c3cc1-2.c1ccc2c(c1)Cc1cc3c(cc1-2)-c1cc2c(cc1C3)c1cnccc1n1c3ncccc3nc21.c1ccc2c(c1)Cc1cc3c(cc1-2)Cc1cc2c4cnccc4n4c5ncccc5nc4c2cc1-3. The van der Waals surface area contributed by atoms with Crippen LogP contribution in [-0.2, 0) is 51.4 Å². The molecule has 0 spiro atoms. The number of benzene rings is 12. The maximum Gasteiger partial charge on any atom is 0.164 e. The first-order valence-corrected chi connectivity index (χ1v) is 48.1. The van der Waals surface area contributed by atoms with Crippen LogP contribution in [0.25, 0.3) is 243 Å². The largest absolute Gasteiger partial charge is 0.276 e. The van der Waals surface area contributed by atoms with Crippen molar-refractivity contribution < 1.29 is 0 Å². The molecule has 0 fully saturated rings. The molecule has 8 aliphatic carbocycles. The van der Waals surface area contributed by atoms with Gasteiger partial charge in [0.05, 0.1) is 22.1 Å². The van der Waals surface area contributed by atoms with Crippen LogP contribution in [0.5, 0.6) is 0 Å². The number of hydrogen-bond acceptors (Lipinski definition) is 12. The molecule has 16 heterocycles. The maximum atomic E-state index is 5.06. The Hall–Kier alpha value is -18.3. The van der Waals surface area contributed by atoms with Gasteiger partial charge < -0.3 is 0 Å². The number of pyridine rings is 12. The van der Waals surface area contributed by atoms with Crippen LogP contribution < -0.4 is 0 Å². The van der Waals surface area contributed by atoms with Crippen LogP contribution in [0.15, 0.2) is 341 Å². The monoisotopic (exact) mass is 1780 g/mol. The van der Waals surface area contributed by atoms with Crippen molar-refractivity contribution in [2.24, 2.45) is 0 Å². The molecule has 0 atom stereocenters. The van der Waals surface area contributed by atoms with E-state index in [1.54, 1.807) is 0 Å². The van der Waals surface area contributed by atoms with Crippen molar-refractivity contribution in [2.75, 3.05) is 0 Å². The number of fused-ring (bicyclic) bond motifs is 58. The summed E-state index contributed by atoms with van der Waals surface area (Å²) < 4.78 is 8.77. The van der Waals surface area contributed by atoms with Gasteiger partial charge in [0.15, 0.2) is 22.6 Å². The first-order chi connectivity index (χ1) is 69.4. The third-order valence-electron chi connectivity index (χ3n) is 31.8. The minimum absolute atomic E-state index is 0.885. The highest BCUT2D eigenvalue weighted by molar-refractivity contribution is 6.20. The molecule has 648 valence electrons. The van der Waals surface area contributed by atoms with Crippen molar-refractivity contribution >= 4 is 154 Å². The van der Waals surface area contributed by atoms with Crippen molar-refractivity contribution in [3.8, 4) is 89.0 Å². The van der Waals surface area contributed by atoms with E-state index >= 15 is 0 Å². The Bertz CT molecular complexity index is 10600. The van der Waals surface area contributed by atoms with Gasteiger partial charge in [-0.3, -0.25) is 37.5 Å². The molecule has 0 bridgehead atoms. The van der Waals surface area contributed by atoms with Gasteiger partial charge in [-0.05, 0) is 390 Å². The molecule has 16 heteroatoms. The lowest BCUT2D eigenvalue weighted by Gasteiger charge is -2.12. The molecular formula is C124H72N16. The summed E-state index contributed by atoms with van der Waals surface area (Å²) in [5.41, 5.74) is 60.2. The zero-order valence-corrected chi connectivity index (χ0v) is 75.1. The molecule has 0 radical (unpaired) electrons. The Kier molecular flexibility index (Phi) is 14.9. The van der Waals surface area contributed by atoms with Crippen LogP contribution in [0.1, 0.15) is 89.0 Å². The lowest BCUT2D eigenvalue weighted by molar-refractivity contribution is 1.16. The molecule has 0 N–H and O–H groups in total. The second-order valence-corrected chi connectivity index (χ2v) is 38.9. The number of imidazole rings is 4. The zero-order valence-electron chi connectivity index (χ0n) is 75.1. The predicted octanol–water partition coefficient (Wildman–Crippen LogP) is 26.9. The van der Waals surface area contributed by atoms with E-state index in [0.717, 1.165) is 184 Å². The van der Waals surface area contributed by atoms with E-state index in [1.807, 2.05) is 123 Å². The average Bonchev–Trinajstić information content (AvgIpc) is 1.55. The quantitative estimate of drug-likeness (QED) is 0.132. The summed E-state index contributed by atoms with van der Waals surface area (Å²) >= 11 is 0. The van der Waals surface area contributed by atoms with Crippen molar-refractivity contribution in [1.82, 2.24) is 77.4 Å². The fraction of sp³-hybridized carbons (Fsp3) is 0.0645. The summed E-state index contributed by atoms with van der Waals surface area (Å²) in [5, 5.41) is 14.0. The molecule has 8 aliphatic rings.